The van der Waals surface area contributed by atoms with Crippen molar-refractivity contribution in [1.29, 1.82) is 0 Å². The molecule has 3 heteroatoms. The molecule has 2 rings (SSSR count). The van der Waals surface area contributed by atoms with Gasteiger partial charge in [-0.3, -0.25) is 4.99 Å². The van der Waals surface area contributed by atoms with Crippen LogP contribution in [0.25, 0.3) is 0 Å². The molecule has 2 aromatic carbocycles. The summed E-state index contributed by atoms with van der Waals surface area (Å²) in [4.78, 5) is 4.49. The van der Waals surface area contributed by atoms with Crippen LogP contribution in [0.5, 0.6) is 0 Å². The van der Waals surface area contributed by atoms with Gasteiger partial charge in [0, 0.05) is 12.5 Å². The smallest absolute Gasteiger partial charge is 0.188 e. The predicted octanol–water partition coefficient (Wildman–Crippen LogP) is 3.30. The molecule has 3 nitrogen and oxygen atoms in total. The third-order valence-corrected chi connectivity index (χ3v) is 3.42. The van der Waals surface area contributed by atoms with Crippen molar-refractivity contribution in [3.05, 3.63) is 83.9 Å². The number of benzene rings is 2. The van der Waals surface area contributed by atoms with Crippen molar-refractivity contribution in [2.75, 3.05) is 13.1 Å². The zero-order chi connectivity index (χ0) is 15.8. The van der Waals surface area contributed by atoms with Crippen molar-refractivity contribution >= 4 is 5.96 Å². The number of rotatable bonds is 6. The van der Waals surface area contributed by atoms with E-state index in [1.54, 1.807) is 0 Å². The molecule has 0 saturated heterocycles. The highest BCUT2D eigenvalue weighted by Crippen LogP contribution is 2.24. The maximum absolute atomic E-state index is 5.92. The maximum Gasteiger partial charge on any atom is 0.188 e. The van der Waals surface area contributed by atoms with Crippen LogP contribution in [0.2, 0.25) is 0 Å². The standard InChI is InChI=1S/C19H23N3/c1-15(2)13-21-19(20)22-14-18(16-9-5-3-6-10-16)17-11-7-4-8-12-17/h3-12,18H,1,13-14H2,2H3,(H3,20,21,22). The summed E-state index contributed by atoms with van der Waals surface area (Å²) in [5.74, 6) is 0.660. The lowest BCUT2D eigenvalue weighted by molar-refractivity contribution is 0.808. The molecule has 0 radical (unpaired) electrons. The third kappa shape index (κ3) is 4.77. The number of aliphatic imine (C=N–C) groups is 1. The molecule has 0 spiro atoms. The second kappa shape index (κ2) is 8.03. The average Bonchev–Trinajstić information content (AvgIpc) is 2.55. The van der Waals surface area contributed by atoms with Gasteiger partial charge in [-0.25, -0.2) is 0 Å². The fourth-order valence-corrected chi connectivity index (χ4v) is 2.26. The van der Waals surface area contributed by atoms with Gasteiger partial charge in [-0.2, -0.15) is 0 Å². The van der Waals surface area contributed by atoms with Crippen molar-refractivity contribution < 1.29 is 0 Å². The van der Waals surface area contributed by atoms with E-state index in [2.05, 4.69) is 65.4 Å². The zero-order valence-electron chi connectivity index (χ0n) is 13.0. The van der Waals surface area contributed by atoms with Crippen LogP contribution in [0.3, 0.4) is 0 Å². The number of nitrogens with zero attached hydrogens (tertiary/aromatic N) is 1. The van der Waals surface area contributed by atoms with Crippen LogP contribution in [0, 0.1) is 0 Å². The second-order valence-electron chi connectivity index (χ2n) is 5.41. The van der Waals surface area contributed by atoms with E-state index >= 15 is 0 Å². The monoisotopic (exact) mass is 293 g/mol. The summed E-state index contributed by atoms with van der Waals surface area (Å²) in [7, 11) is 0. The Kier molecular flexibility index (Phi) is 5.78. The third-order valence-electron chi connectivity index (χ3n) is 3.42. The lowest BCUT2D eigenvalue weighted by Crippen LogP contribution is -2.33. The molecule has 0 aliphatic carbocycles. The summed E-state index contributed by atoms with van der Waals surface area (Å²) >= 11 is 0. The Morgan fingerprint density at radius 2 is 1.55 bits per heavy atom. The molecular formula is C19H23N3. The molecule has 22 heavy (non-hydrogen) atoms. The molecule has 0 fully saturated rings. The molecule has 0 aliphatic heterocycles. The minimum Gasteiger partial charge on any atom is -0.370 e. The molecule has 0 unspecified atom stereocenters. The van der Waals surface area contributed by atoms with Crippen LogP contribution in [0.4, 0.5) is 0 Å². The van der Waals surface area contributed by atoms with Crippen molar-refractivity contribution in [3.8, 4) is 0 Å². The van der Waals surface area contributed by atoms with E-state index in [9.17, 15) is 0 Å². The molecule has 0 aliphatic rings. The van der Waals surface area contributed by atoms with Gasteiger partial charge in [0.2, 0.25) is 0 Å². The van der Waals surface area contributed by atoms with Crippen molar-refractivity contribution in [2.24, 2.45) is 10.7 Å². The Morgan fingerprint density at radius 1 is 1.05 bits per heavy atom. The van der Waals surface area contributed by atoms with E-state index in [0.29, 0.717) is 19.0 Å². The van der Waals surface area contributed by atoms with E-state index in [0.717, 1.165) is 5.57 Å². The fourth-order valence-electron chi connectivity index (χ4n) is 2.26. The molecule has 0 saturated carbocycles. The number of guanidine groups is 1. The predicted molar refractivity (Wildman–Crippen MR) is 94.0 cm³/mol. The maximum atomic E-state index is 5.92. The van der Waals surface area contributed by atoms with E-state index in [4.69, 9.17) is 5.73 Å². The molecule has 0 heterocycles. The Bertz CT molecular complexity index is 578. The summed E-state index contributed by atoms with van der Waals surface area (Å²) in [6.45, 7) is 7.06. The largest absolute Gasteiger partial charge is 0.370 e. The minimum atomic E-state index is 0.201. The average molecular weight is 293 g/mol. The summed E-state index contributed by atoms with van der Waals surface area (Å²) in [6.07, 6.45) is 0. The first-order chi connectivity index (χ1) is 10.7. The van der Waals surface area contributed by atoms with Crippen molar-refractivity contribution in [2.45, 2.75) is 12.8 Å². The number of hydrogen-bond donors (Lipinski definition) is 2. The van der Waals surface area contributed by atoms with Gasteiger partial charge in [-0.15, -0.1) is 0 Å². The van der Waals surface area contributed by atoms with Crippen LogP contribution in [-0.4, -0.2) is 19.0 Å². The van der Waals surface area contributed by atoms with Gasteiger partial charge in [-0.1, -0.05) is 72.8 Å². The fraction of sp³-hybridized carbons (Fsp3) is 0.211. The summed E-state index contributed by atoms with van der Waals surface area (Å²) in [5.41, 5.74) is 9.43. The zero-order valence-corrected chi connectivity index (χ0v) is 13.0. The SMILES string of the molecule is C=C(C)CNC(N)=NCC(c1ccccc1)c1ccccc1. The van der Waals surface area contributed by atoms with E-state index in [-0.39, 0.29) is 5.92 Å². The Balaban J connectivity index is 2.16. The van der Waals surface area contributed by atoms with E-state index in [1.807, 2.05) is 19.1 Å². The molecule has 0 atom stereocenters. The van der Waals surface area contributed by atoms with Crippen molar-refractivity contribution in [3.63, 3.8) is 0 Å². The van der Waals surface area contributed by atoms with Crippen LogP contribution >= 0.6 is 0 Å². The molecule has 3 N–H and O–H groups in total. The number of nitrogens with two attached hydrogens (primary N) is 1. The Morgan fingerprint density at radius 3 is 2.00 bits per heavy atom. The summed E-state index contributed by atoms with van der Waals surface area (Å²) < 4.78 is 0. The molecular weight excluding hydrogens is 270 g/mol. The first kappa shape index (κ1) is 15.8. The lowest BCUT2D eigenvalue weighted by Gasteiger charge is -2.16. The molecule has 0 amide bonds. The number of nitrogens with one attached hydrogen (secondary N) is 1. The summed E-state index contributed by atoms with van der Waals surface area (Å²) in [6, 6.07) is 20.8. The minimum absolute atomic E-state index is 0.201. The van der Waals surface area contributed by atoms with Crippen LogP contribution < -0.4 is 11.1 Å². The highest BCUT2D eigenvalue weighted by molar-refractivity contribution is 5.78. The molecule has 2 aromatic rings. The highest BCUT2D eigenvalue weighted by atomic mass is 15.1. The van der Waals surface area contributed by atoms with Gasteiger partial charge in [0.25, 0.3) is 0 Å². The quantitative estimate of drug-likeness (QED) is 0.488. The van der Waals surface area contributed by atoms with Crippen LogP contribution in [-0.2, 0) is 0 Å². The van der Waals surface area contributed by atoms with Crippen LogP contribution in [0.15, 0.2) is 77.8 Å². The molecule has 0 bridgehead atoms. The van der Waals surface area contributed by atoms with Gasteiger partial charge in [-0.05, 0) is 18.1 Å². The van der Waals surface area contributed by atoms with Gasteiger partial charge in [0.1, 0.15) is 0 Å². The Labute approximate surface area is 132 Å². The van der Waals surface area contributed by atoms with E-state index < -0.39 is 0 Å². The van der Waals surface area contributed by atoms with Gasteiger partial charge in [0.05, 0.1) is 6.54 Å². The number of hydrogen-bond acceptors (Lipinski definition) is 1. The molecule has 114 valence electrons. The normalized spacial score (nSPS) is 11.5. The second-order valence-corrected chi connectivity index (χ2v) is 5.41. The van der Waals surface area contributed by atoms with Gasteiger partial charge < -0.3 is 11.1 Å². The van der Waals surface area contributed by atoms with Gasteiger partial charge in [0.15, 0.2) is 5.96 Å². The topological polar surface area (TPSA) is 50.4 Å². The molecule has 0 aromatic heterocycles. The van der Waals surface area contributed by atoms with Crippen LogP contribution in [0.1, 0.15) is 24.0 Å². The Hall–Kier alpha value is -2.55. The lowest BCUT2D eigenvalue weighted by atomic mass is 9.91. The van der Waals surface area contributed by atoms with Crippen molar-refractivity contribution in [1.82, 2.24) is 5.32 Å². The highest BCUT2D eigenvalue weighted by Gasteiger charge is 2.13. The van der Waals surface area contributed by atoms with E-state index in [1.165, 1.54) is 11.1 Å². The summed E-state index contributed by atoms with van der Waals surface area (Å²) in [5, 5.41) is 3.07. The first-order valence-corrected chi connectivity index (χ1v) is 7.45. The first-order valence-electron chi connectivity index (χ1n) is 7.45. The van der Waals surface area contributed by atoms with Gasteiger partial charge >= 0.3 is 0 Å².